The number of rotatable bonds is 12. The van der Waals surface area contributed by atoms with Crippen molar-refractivity contribution in [1.29, 1.82) is 0 Å². The number of aldehydes is 1. The Balaban J connectivity index is 1.53. The maximum atomic E-state index is 13.5. The van der Waals surface area contributed by atoms with Crippen molar-refractivity contribution in [1.82, 2.24) is 5.32 Å². The van der Waals surface area contributed by atoms with Gasteiger partial charge >= 0.3 is 0 Å². The van der Waals surface area contributed by atoms with Gasteiger partial charge in [-0.3, -0.25) is 9.59 Å². The van der Waals surface area contributed by atoms with Gasteiger partial charge in [-0.25, -0.2) is 0 Å². The summed E-state index contributed by atoms with van der Waals surface area (Å²) < 4.78 is 12.0. The van der Waals surface area contributed by atoms with E-state index in [0.29, 0.717) is 47.4 Å². The number of amides is 1. The molecule has 0 aliphatic carbocycles. The minimum atomic E-state index is -0.344. The predicted molar refractivity (Wildman–Crippen MR) is 148 cm³/mol. The van der Waals surface area contributed by atoms with Crippen LogP contribution in [0.15, 0.2) is 66.7 Å². The molecule has 0 unspecified atom stereocenters. The molecule has 1 amide bonds. The maximum Gasteiger partial charge on any atom is 0.259 e. The van der Waals surface area contributed by atoms with Crippen LogP contribution in [0.25, 0.3) is 11.1 Å². The van der Waals surface area contributed by atoms with Crippen molar-refractivity contribution in [2.45, 2.75) is 39.0 Å². The number of hydrogen-bond donors (Lipinski definition) is 2. The van der Waals surface area contributed by atoms with E-state index in [0.717, 1.165) is 49.8 Å². The van der Waals surface area contributed by atoms with E-state index in [4.69, 9.17) is 9.47 Å². The number of ether oxygens (including phenoxy) is 2. The van der Waals surface area contributed by atoms with E-state index in [1.165, 1.54) is 12.8 Å². The Morgan fingerprint density at radius 1 is 0.973 bits per heavy atom. The van der Waals surface area contributed by atoms with Gasteiger partial charge in [0.25, 0.3) is 5.91 Å². The van der Waals surface area contributed by atoms with E-state index in [1.54, 1.807) is 18.2 Å². The van der Waals surface area contributed by atoms with Crippen molar-refractivity contribution in [2.24, 2.45) is 5.92 Å². The minimum absolute atomic E-state index is 0.344. The van der Waals surface area contributed by atoms with Crippen LogP contribution in [0.3, 0.4) is 0 Å². The molecule has 1 fully saturated rings. The highest BCUT2D eigenvalue weighted by Gasteiger charge is 2.18. The zero-order valence-corrected chi connectivity index (χ0v) is 21.5. The van der Waals surface area contributed by atoms with Crippen LogP contribution < -0.4 is 20.1 Å². The molecule has 0 atom stereocenters. The Morgan fingerprint density at radius 2 is 1.78 bits per heavy atom. The fourth-order valence-electron chi connectivity index (χ4n) is 4.51. The van der Waals surface area contributed by atoms with Crippen LogP contribution in [-0.2, 0) is 0 Å². The molecule has 1 saturated heterocycles. The molecule has 0 saturated carbocycles. The highest BCUT2D eigenvalue weighted by atomic mass is 16.5. The standard InChI is InChI=1S/C31H36N2O4/c1-2-3-18-37-30-12-11-27(36-19-15-23-13-16-32-17-14-23)21-28(30)31(35)33-29-20-25(9-10-26(29)22-34)24-7-5-4-6-8-24/h4-12,20-23,32H,2-3,13-19H2,1H3,(H,33,35). The van der Waals surface area contributed by atoms with Crippen LogP contribution in [0.1, 0.15) is 59.7 Å². The molecule has 3 aromatic carbocycles. The largest absolute Gasteiger partial charge is 0.494 e. The molecule has 0 radical (unpaired) electrons. The predicted octanol–water partition coefficient (Wildman–Crippen LogP) is 6.37. The molecule has 6 nitrogen and oxygen atoms in total. The first-order chi connectivity index (χ1) is 18.2. The summed E-state index contributed by atoms with van der Waals surface area (Å²) in [6, 6.07) is 20.7. The van der Waals surface area contributed by atoms with Crippen LogP contribution in [0.4, 0.5) is 5.69 Å². The van der Waals surface area contributed by atoms with Crippen LogP contribution in [0.5, 0.6) is 11.5 Å². The van der Waals surface area contributed by atoms with Crippen molar-refractivity contribution in [3.8, 4) is 22.6 Å². The zero-order chi connectivity index (χ0) is 25.9. The lowest BCUT2D eigenvalue weighted by Crippen LogP contribution is -2.28. The monoisotopic (exact) mass is 500 g/mol. The van der Waals surface area contributed by atoms with E-state index in [2.05, 4.69) is 17.6 Å². The van der Waals surface area contributed by atoms with Crippen LogP contribution in [0.2, 0.25) is 0 Å². The summed E-state index contributed by atoms with van der Waals surface area (Å²) in [5.41, 5.74) is 3.17. The number of carbonyl (C=O) groups excluding carboxylic acids is 2. The van der Waals surface area contributed by atoms with Gasteiger partial charge in [0.05, 0.1) is 24.5 Å². The molecule has 0 aromatic heterocycles. The number of hydrogen-bond acceptors (Lipinski definition) is 5. The van der Waals surface area contributed by atoms with Gasteiger partial charge in [-0.05, 0) is 86.1 Å². The van der Waals surface area contributed by atoms with E-state index in [9.17, 15) is 9.59 Å². The second-order valence-corrected chi connectivity index (χ2v) is 9.43. The number of piperidine rings is 1. The van der Waals surface area contributed by atoms with Crippen LogP contribution in [0, 0.1) is 5.92 Å². The average molecular weight is 501 g/mol. The molecule has 0 bridgehead atoms. The molecular formula is C31H36N2O4. The fraction of sp³-hybridized carbons (Fsp3) is 0.355. The van der Waals surface area contributed by atoms with Gasteiger partial charge in [-0.1, -0.05) is 49.7 Å². The second-order valence-electron chi connectivity index (χ2n) is 9.43. The van der Waals surface area contributed by atoms with Crippen molar-refractivity contribution < 1.29 is 19.1 Å². The Bertz CT molecular complexity index is 1170. The Hall–Kier alpha value is -3.64. The van der Waals surface area contributed by atoms with E-state index >= 15 is 0 Å². The lowest BCUT2D eigenvalue weighted by Gasteiger charge is -2.22. The molecule has 6 heteroatoms. The number of nitrogens with one attached hydrogen (secondary N) is 2. The average Bonchev–Trinajstić information content (AvgIpc) is 2.94. The SMILES string of the molecule is CCCCOc1ccc(OCCC2CCNCC2)cc1C(=O)Nc1cc(-c2ccccc2)ccc1C=O. The molecule has 3 aromatic rings. The van der Waals surface area contributed by atoms with Crippen molar-refractivity contribution in [3.63, 3.8) is 0 Å². The van der Waals surface area contributed by atoms with Gasteiger partial charge in [-0.2, -0.15) is 0 Å². The smallest absolute Gasteiger partial charge is 0.259 e. The highest BCUT2D eigenvalue weighted by Crippen LogP contribution is 2.29. The van der Waals surface area contributed by atoms with Crippen molar-refractivity contribution in [3.05, 3.63) is 77.9 Å². The highest BCUT2D eigenvalue weighted by molar-refractivity contribution is 6.08. The zero-order valence-electron chi connectivity index (χ0n) is 21.5. The summed E-state index contributed by atoms with van der Waals surface area (Å²) in [5.74, 6) is 1.46. The molecule has 1 aliphatic heterocycles. The molecular weight excluding hydrogens is 464 g/mol. The molecule has 194 valence electrons. The van der Waals surface area contributed by atoms with E-state index in [-0.39, 0.29) is 5.91 Å². The molecule has 4 rings (SSSR count). The lowest BCUT2D eigenvalue weighted by molar-refractivity contribution is 0.102. The van der Waals surface area contributed by atoms with E-state index < -0.39 is 0 Å². The van der Waals surface area contributed by atoms with Crippen molar-refractivity contribution >= 4 is 17.9 Å². The molecule has 1 heterocycles. The normalized spacial score (nSPS) is 13.6. The summed E-state index contributed by atoms with van der Waals surface area (Å²) >= 11 is 0. The molecule has 1 aliphatic rings. The molecule has 2 N–H and O–H groups in total. The van der Waals surface area contributed by atoms with E-state index in [1.807, 2.05) is 48.5 Å². The summed E-state index contributed by atoms with van der Waals surface area (Å²) in [6.07, 6.45) is 5.97. The number of unbranched alkanes of at least 4 members (excludes halogenated alkanes) is 1. The number of benzene rings is 3. The minimum Gasteiger partial charge on any atom is -0.494 e. The third kappa shape index (κ3) is 7.43. The van der Waals surface area contributed by atoms with Gasteiger partial charge in [0.2, 0.25) is 0 Å². The van der Waals surface area contributed by atoms with Gasteiger partial charge in [0.1, 0.15) is 11.5 Å². The first-order valence-corrected chi connectivity index (χ1v) is 13.2. The Labute approximate surface area is 219 Å². The Morgan fingerprint density at radius 3 is 2.54 bits per heavy atom. The van der Waals surface area contributed by atoms with Gasteiger partial charge in [-0.15, -0.1) is 0 Å². The first-order valence-electron chi connectivity index (χ1n) is 13.2. The molecule has 37 heavy (non-hydrogen) atoms. The van der Waals surface area contributed by atoms with Gasteiger partial charge < -0.3 is 20.1 Å². The summed E-state index contributed by atoms with van der Waals surface area (Å²) in [6.45, 7) is 5.35. The van der Waals surface area contributed by atoms with Gasteiger partial charge in [0, 0.05) is 5.56 Å². The summed E-state index contributed by atoms with van der Waals surface area (Å²) in [5, 5.41) is 6.33. The van der Waals surface area contributed by atoms with Crippen LogP contribution >= 0.6 is 0 Å². The fourth-order valence-corrected chi connectivity index (χ4v) is 4.51. The molecule has 0 spiro atoms. The third-order valence-electron chi connectivity index (χ3n) is 6.74. The quantitative estimate of drug-likeness (QED) is 0.223. The second kappa shape index (κ2) is 13.6. The van der Waals surface area contributed by atoms with Gasteiger partial charge in [0.15, 0.2) is 6.29 Å². The maximum absolute atomic E-state index is 13.5. The lowest BCUT2D eigenvalue weighted by atomic mass is 9.95. The number of anilines is 1. The third-order valence-corrected chi connectivity index (χ3v) is 6.74. The topological polar surface area (TPSA) is 76.7 Å². The van der Waals surface area contributed by atoms with Crippen molar-refractivity contribution in [2.75, 3.05) is 31.6 Å². The summed E-state index contributed by atoms with van der Waals surface area (Å²) in [7, 11) is 0. The first kappa shape index (κ1) is 26.4. The number of carbonyl (C=O) groups is 2. The van der Waals surface area contributed by atoms with Crippen LogP contribution in [-0.4, -0.2) is 38.5 Å². The summed E-state index contributed by atoms with van der Waals surface area (Å²) in [4.78, 5) is 25.2. The Kier molecular flexibility index (Phi) is 9.72.